The molecule has 1 aromatic carbocycles. The van der Waals surface area contributed by atoms with Gasteiger partial charge in [-0.25, -0.2) is 4.58 Å². The van der Waals surface area contributed by atoms with Crippen LogP contribution in [0.5, 0.6) is 11.5 Å². The number of phenolic OH excluding ortho intramolecular Hbond substituents is 2. The van der Waals surface area contributed by atoms with E-state index in [0.29, 0.717) is 0 Å². The average molecular weight is 220 g/mol. The summed E-state index contributed by atoms with van der Waals surface area (Å²) < 4.78 is 2.28. The molecule has 0 bridgehead atoms. The molecule has 0 saturated carbocycles. The van der Waals surface area contributed by atoms with Crippen molar-refractivity contribution in [2.45, 2.75) is 26.2 Å². The topological polar surface area (TPSA) is 43.5 Å². The first-order chi connectivity index (χ1) is 7.70. The van der Waals surface area contributed by atoms with Crippen molar-refractivity contribution >= 4 is 6.21 Å². The van der Waals surface area contributed by atoms with Gasteiger partial charge in [-0.3, -0.25) is 0 Å². The van der Waals surface area contributed by atoms with Gasteiger partial charge in [0.05, 0.1) is 0 Å². The van der Waals surface area contributed by atoms with Crippen LogP contribution in [0, 0.1) is 0 Å². The van der Waals surface area contributed by atoms with Crippen LogP contribution in [0.25, 0.3) is 0 Å². The minimum Gasteiger partial charge on any atom is -0.504 e. The molecule has 3 heteroatoms. The van der Waals surface area contributed by atoms with E-state index in [-0.39, 0.29) is 11.5 Å². The molecule has 3 nitrogen and oxygen atoms in total. The zero-order valence-corrected chi connectivity index (χ0v) is 9.61. The van der Waals surface area contributed by atoms with Gasteiger partial charge in [-0.2, -0.15) is 0 Å². The Bertz CT molecular complexity index is 424. The van der Waals surface area contributed by atoms with Crippen molar-refractivity contribution in [3.8, 4) is 11.5 Å². The summed E-state index contributed by atoms with van der Waals surface area (Å²) in [6.07, 6.45) is 5.39. The number of benzene rings is 1. The van der Waals surface area contributed by atoms with Crippen molar-refractivity contribution in [2.24, 2.45) is 0 Å². The minimum absolute atomic E-state index is 0.0193. The van der Waals surface area contributed by atoms with Gasteiger partial charge >= 0.3 is 0 Å². The third kappa shape index (κ3) is 2.18. The fourth-order valence-corrected chi connectivity index (χ4v) is 2.04. The van der Waals surface area contributed by atoms with Crippen LogP contribution < -0.4 is 0 Å². The second-order valence-corrected chi connectivity index (χ2v) is 4.31. The van der Waals surface area contributed by atoms with Gasteiger partial charge < -0.3 is 10.2 Å². The maximum atomic E-state index is 9.45. The molecule has 1 heterocycles. The number of hydrogen-bond donors (Lipinski definition) is 2. The Morgan fingerprint density at radius 3 is 2.75 bits per heavy atom. The van der Waals surface area contributed by atoms with Crippen molar-refractivity contribution in [3.05, 3.63) is 23.3 Å². The maximum Gasteiger partial charge on any atom is 0.171 e. The highest BCUT2D eigenvalue weighted by Gasteiger charge is 2.17. The Morgan fingerprint density at radius 2 is 2.00 bits per heavy atom. The van der Waals surface area contributed by atoms with E-state index in [1.165, 1.54) is 12.8 Å². The molecule has 2 rings (SSSR count). The molecular weight excluding hydrogens is 202 g/mol. The van der Waals surface area contributed by atoms with Gasteiger partial charge in [-0.05, 0) is 17.7 Å². The molecule has 1 aliphatic rings. The van der Waals surface area contributed by atoms with Gasteiger partial charge in [0.25, 0.3) is 0 Å². The van der Waals surface area contributed by atoms with Gasteiger partial charge in [0.1, 0.15) is 13.1 Å². The van der Waals surface area contributed by atoms with Crippen molar-refractivity contribution in [3.63, 3.8) is 0 Å². The van der Waals surface area contributed by atoms with Crippen molar-refractivity contribution in [1.82, 2.24) is 0 Å². The maximum absolute atomic E-state index is 9.45. The molecule has 1 aromatic rings. The molecule has 0 aromatic heterocycles. The highest BCUT2D eigenvalue weighted by atomic mass is 16.3. The first-order valence-corrected chi connectivity index (χ1v) is 5.84. The lowest BCUT2D eigenvalue weighted by atomic mass is 10.0. The number of aromatic hydroxyl groups is 2. The number of fused-ring (bicyclic) bond motifs is 1. The number of hydrogen-bond acceptors (Lipinski definition) is 2. The van der Waals surface area contributed by atoms with E-state index in [1.807, 2.05) is 0 Å². The lowest BCUT2D eigenvalue weighted by Gasteiger charge is -2.13. The van der Waals surface area contributed by atoms with E-state index < -0.39 is 0 Å². The second kappa shape index (κ2) is 4.56. The molecule has 1 aliphatic heterocycles. The van der Waals surface area contributed by atoms with Gasteiger partial charge in [0.15, 0.2) is 17.7 Å². The van der Waals surface area contributed by atoms with E-state index >= 15 is 0 Å². The molecule has 0 unspecified atom stereocenters. The first kappa shape index (κ1) is 11.0. The summed E-state index contributed by atoms with van der Waals surface area (Å²) in [5.74, 6) is -0.0542. The van der Waals surface area contributed by atoms with Gasteiger partial charge in [0.2, 0.25) is 0 Å². The molecule has 0 spiro atoms. The monoisotopic (exact) mass is 220 g/mol. The smallest absolute Gasteiger partial charge is 0.171 e. The fraction of sp³-hybridized carbons (Fsp3) is 0.462. The summed E-state index contributed by atoms with van der Waals surface area (Å²) in [7, 11) is 0. The Balaban J connectivity index is 2.25. The van der Waals surface area contributed by atoms with Crippen LogP contribution in [0.3, 0.4) is 0 Å². The molecule has 2 N–H and O–H groups in total. The summed E-state index contributed by atoms with van der Waals surface area (Å²) in [5.41, 5.74) is 2.14. The van der Waals surface area contributed by atoms with Crippen molar-refractivity contribution in [1.29, 1.82) is 0 Å². The predicted octanol–water partition coefficient (Wildman–Crippen LogP) is 1.89. The third-order valence-corrected chi connectivity index (χ3v) is 3.03. The highest BCUT2D eigenvalue weighted by Crippen LogP contribution is 2.28. The van der Waals surface area contributed by atoms with Gasteiger partial charge in [0, 0.05) is 18.4 Å². The summed E-state index contributed by atoms with van der Waals surface area (Å²) in [6, 6.07) is 3.31. The Labute approximate surface area is 95.7 Å². The summed E-state index contributed by atoms with van der Waals surface area (Å²) in [4.78, 5) is 0. The molecule has 16 heavy (non-hydrogen) atoms. The zero-order valence-electron chi connectivity index (χ0n) is 9.61. The van der Waals surface area contributed by atoms with E-state index in [0.717, 1.165) is 30.6 Å². The number of phenols is 2. The fourth-order valence-electron chi connectivity index (χ4n) is 2.04. The predicted molar refractivity (Wildman–Crippen MR) is 63.5 cm³/mol. The van der Waals surface area contributed by atoms with Crippen LogP contribution in [0.1, 0.15) is 30.9 Å². The number of unbranched alkanes of at least 4 members (excludes halogenated alkanes) is 1. The van der Waals surface area contributed by atoms with Crippen molar-refractivity contribution < 1.29 is 14.8 Å². The lowest BCUT2D eigenvalue weighted by Crippen LogP contribution is -2.23. The van der Waals surface area contributed by atoms with E-state index in [1.54, 1.807) is 12.1 Å². The molecule has 0 atom stereocenters. The van der Waals surface area contributed by atoms with Gasteiger partial charge in [-0.1, -0.05) is 13.3 Å². The minimum atomic E-state index is -0.0349. The summed E-state index contributed by atoms with van der Waals surface area (Å²) >= 11 is 0. The average Bonchev–Trinajstić information content (AvgIpc) is 2.28. The standard InChI is InChI=1S/C13H17NO2/c1-2-3-5-14-6-4-10-7-12(15)13(16)8-11(10)9-14/h7-9,16H,2-6H2,1H3/p+1. The molecule has 0 amide bonds. The van der Waals surface area contributed by atoms with E-state index in [4.69, 9.17) is 0 Å². The van der Waals surface area contributed by atoms with Crippen LogP contribution in [0.4, 0.5) is 0 Å². The van der Waals surface area contributed by atoms with Crippen LogP contribution in [-0.4, -0.2) is 34.1 Å². The zero-order chi connectivity index (χ0) is 11.5. The second-order valence-electron chi connectivity index (χ2n) is 4.31. The largest absolute Gasteiger partial charge is 0.504 e. The Kier molecular flexibility index (Phi) is 3.13. The quantitative estimate of drug-likeness (QED) is 0.603. The van der Waals surface area contributed by atoms with Crippen LogP contribution in [0.15, 0.2) is 12.1 Å². The Hall–Kier alpha value is -1.51. The number of rotatable bonds is 3. The van der Waals surface area contributed by atoms with Gasteiger partial charge in [-0.15, -0.1) is 0 Å². The molecule has 0 aliphatic carbocycles. The molecule has 0 radical (unpaired) electrons. The normalized spacial score (nSPS) is 14.4. The molecular formula is C13H18NO2+. The Morgan fingerprint density at radius 1 is 1.25 bits per heavy atom. The highest BCUT2D eigenvalue weighted by molar-refractivity contribution is 5.80. The van der Waals surface area contributed by atoms with E-state index in [2.05, 4.69) is 17.7 Å². The van der Waals surface area contributed by atoms with Crippen molar-refractivity contribution in [2.75, 3.05) is 13.1 Å². The lowest BCUT2D eigenvalue weighted by molar-refractivity contribution is -0.524. The third-order valence-electron chi connectivity index (χ3n) is 3.03. The van der Waals surface area contributed by atoms with Crippen LogP contribution in [0.2, 0.25) is 0 Å². The molecule has 86 valence electrons. The van der Waals surface area contributed by atoms with Crippen LogP contribution >= 0.6 is 0 Å². The summed E-state index contributed by atoms with van der Waals surface area (Å²) in [5, 5.41) is 18.9. The van der Waals surface area contributed by atoms with E-state index in [9.17, 15) is 10.2 Å². The number of nitrogens with zero attached hydrogens (tertiary/aromatic N) is 1. The summed E-state index contributed by atoms with van der Waals surface area (Å²) in [6.45, 7) is 4.25. The first-order valence-electron chi connectivity index (χ1n) is 5.84. The van der Waals surface area contributed by atoms with Crippen LogP contribution in [-0.2, 0) is 6.42 Å². The molecule has 0 saturated heterocycles. The molecule has 0 fully saturated rings. The SMILES string of the molecule is CCCC[N+]1=Cc2cc(O)c(O)cc2CC1.